The number of thiophene rings is 1. The number of carbonyl (C=O) groups is 1. The van der Waals surface area contributed by atoms with Crippen LogP contribution >= 0.6 is 22.7 Å². The van der Waals surface area contributed by atoms with E-state index in [9.17, 15) is 9.59 Å². The number of hydrogen-bond donors (Lipinski definition) is 2. The second-order valence-corrected chi connectivity index (χ2v) is 9.80. The van der Waals surface area contributed by atoms with Crippen molar-refractivity contribution in [2.75, 3.05) is 5.32 Å². The minimum atomic E-state index is -0.141. The molecule has 3 aromatic heterocycles. The fourth-order valence-corrected chi connectivity index (χ4v) is 5.95. The van der Waals surface area contributed by atoms with Crippen molar-refractivity contribution in [1.82, 2.24) is 15.0 Å². The number of aromatic nitrogens is 3. The van der Waals surface area contributed by atoms with E-state index in [0.717, 1.165) is 40.7 Å². The first-order valence-corrected chi connectivity index (χ1v) is 12.1. The van der Waals surface area contributed by atoms with E-state index < -0.39 is 0 Å². The van der Waals surface area contributed by atoms with Crippen LogP contribution in [-0.4, -0.2) is 20.9 Å². The predicted molar refractivity (Wildman–Crippen MR) is 126 cm³/mol. The summed E-state index contributed by atoms with van der Waals surface area (Å²) in [5.74, 6) is 0.420. The summed E-state index contributed by atoms with van der Waals surface area (Å²) in [4.78, 5) is 39.2. The smallest absolute Gasteiger partial charge is 0.259 e. The molecule has 0 radical (unpaired) electrons. The Morgan fingerprint density at radius 2 is 1.97 bits per heavy atom. The van der Waals surface area contributed by atoms with Crippen molar-refractivity contribution >= 4 is 43.9 Å². The van der Waals surface area contributed by atoms with Crippen molar-refractivity contribution in [2.45, 2.75) is 45.4 Å². The zero-order valence-electron chi connectivity index (χ0n) is 17.2. The molecule has 0 unspecified atom stereocenters. The van der Waals surface area contributed by atoms with E-state index >= 15 is 0 Å². The average Bonchev–Trinajstić information content (AvgIpc) is 3.37. The topological polar surface area (TPSA) is 87.7 Å². The van der Waals surface area contributed by atoms with Gasteiger partial charge in [0.05, 0.1) is 11.1 Å². The summed E-state index contributed by atoms with van der Waals surface area (Å²) in [5, 5.41) is 6.11. The molecule has 6 nitrogen and oxygen atoms in total. The number of benzene rings is 1. The van der Waals surface area contributed by atoms with Crippen LogP contribution in [-0.2, 0) is 24.1 Å². The van der Waals surface area contributed by atoms with Gasteiger partial charge in [-0.2, -0.15) is 0 Å². The SMILES string of the molecule is Cc1ccc(-c2csc(NC(=O)CCc3nc4sc5c(c4c(=O)[nH]3)CCCC5)n2)cc1. The molecule has 0 saturated heterocycles. The molecule has 4 aromatic rings. The summed E-state index contributed by atoms with van der Waals surface area (Å²) < 4.78 is 0. The molecule has 158 valence electrons. The number of carbonyl (C=O) groups excluding carboxylic acids is 1. The van der Waals surface area contributed by atoms with Gasteiger partial charge in [0, 0.05) is 28.7 Å². The lowest BCUT2D eigenvalue weighted by atomic mass is 9.97. The molecular formula is C23H22N4O2S2. The van der Waals surface area contributed by atoms with Crippen molar-refractivity contribution < 1.29 is 4.79 Å². The number of amides is 1. The van der Waals surface area contributed by atoms with Gasteiger partial charge in [-0.3, -0.25) is 9.59 Å². The van der Waals surface area contributed by atoms with Gasteiger partial charge in [0.25, 0.3) is 5.56 Å². The Kier molecular flexibility index (Phi) is 5.41. The van der Waals surface area contributed by atoms with Crippen LogP contribution in [0.5, 0.6) is 0 Å². The van der Waals surface area contributed by atoms with E-state index in [0.29, 0.717) is 17.4 Å². The number of thiazole rings is 1. The molecule has 0 aliphatic heterocycles. The Morgan fingerprint density at radius 1 is 1.16 bits per heavy atom. The van der Waals surface area contributed by atoms with Gasteiger partial charge in [0.15, 0.2) is 5.13 Å². The zero-order chi connectivity index (χ0) is 21.4. The highest BCUT2D eigenvalue weighted by atomic mass is 32.1. The van der Waals surface area contributed by atoms with Crippen LogP contribution < -0.4 is 10.9 Å². The first-order valence-electron chi connectivity index (χ1n) is 10.4. The van der Waals surface area contributed by atoms with E-state index in [1.807, 2.05) is 36.6 Å². The largest absolute Gasteiger partial charge is 0.310 e. The number of fused-ring (bicyclic) bond motifs is 3. The highest BCUT2D eigenvalue weighted by Gasteiger charge is 2.20. The molecule has 31 heavy (non-hydrogen) atoms. The normalized spacial score (nSPS) is 13.3. The molecule has 0 atom stereocenters. The standard InChI is InChI=1S/C23H22N4O2S2/c1-13-6-8-14(9-7-13)16-12-30-23(24-16)27-19(28)11-10-18-25-21(29)20-15-4-2-3-5-17(15)31-22(20)26-18/h6-9,12H,2-5,10-11H2,1H3,(H,24,27,28)(H,25,26,29). The summed E-state index contributed by atoms with van der Waals surface area (Å²) in [7, 11) is 0. The summed E-state index contributed by atoms with van der Waals surface area (Å²) in [5.41, 5.74) is 4.16. The van der Waals surface area contributed by atoms with Crippen molar-refractivity contribution in [3.8, 4) is 11.3 Å². The van der Waals surface area contributed by atoms with Gasteiger partial charge in [0.1, 0.15) is 10.7 Å². The number of nitrogens with one attached hydrogen (secondary N) is 2. The summed E-state index contributed by atoms with van der Waals surface area (Å²) in [6.45, 7) is 2.04. The molecule has 0 spiro atoms. The second kappa shape index (κ2) is 8.36. The lowest BCUT2D eigenvalue weighted by molar-refractivity contribution is -0.116. The maximum absolute atomic E-state index is 12.6. The van der Waals surface area contributed by atoms with Crippen LogP contribution in [0.15, 0.2) is 34.4 Å². The van der Waals surface area contributed by atoms with Crippen LogP contribution in [0.2, 0.25) is 0 Å². The van der Waals surface area contributed by atoms with Crippen molar-refractivity contribution in [3.05, 3.63) is 61.8 Å². The molecule has 8 heteroatoms. The fourth-order valence-electron chi connectivity index (χ4n) is 3.93. The number of anilines is 1. The van der Waals surface area contributed by atoms with E-state index in [4.69, 9.17) is 0 Å². The molecular weight excluding hydrogens is 428 g/mol. The minimum absolute atomic E-state index is 0.0810. The number of rotatable bonds is 5. The third kappa shape index (κ3) is 4.18. The maximum atomic E-state index is 12.6. The van der Waals surface area contributed by atoms with Gasteiger partial charge in [-0.15, -0.1) is 22.7 Å². The van der Waals surface area contributed by atoms with Gasteiger partial charge in [0.2, 0.25) is 5.91 Å². The first kappa shape index (κ1) is 20.1. The van der Waals surface area contributed by atoms with Crippen molar-refractivity contribution in [2.24, 2.45) is 0 Å². The van der Waals surface area contributed by atoms with E-state index in [1.165, 1.54) is 33.8 Å². The molecule has 1 amide bonds. The molecule has 0 fully saturated rings. The van der Waals surface area contributed by atoms with Gasteiger partial charge in [-0.05, 0) is 38.2 Å². The third-order valence-corrected chi connectivity index (χ3v) is 7.50. The predicted octanol–water partition coefficient (Wildman–Crippen LogP) is 4.87. The monoisotopic (exact) mass is 450 g/mol. The minimum Gasteiger partial charge on any atom is -0.310 e. The van der Waals surface area contributed by atoms with Crippen LogP contribution in [0.3, 0.4) is 0 Å². The highest BCUT2D eigenvalue weighted by molar-refractivity contribution is 7.18. The quantitative estimate of drug-likeness (QED) is 0.454. The Labute approximate surface area is 187 Å². The Hall–Kier alpha value is -2.84. The van der Waals surface area contributed by atoms with Crippen LogP contribution in [0, 0.1) is 6.92 Å². The summed E-state index contributed by atoms with van der Waals surface area (Å²) in [6.07, 6.45) is 4.91. The van der Waals surface area contributed by atoms with Crippen molar-refractivity contribution in [3.63, 3.8) is 0 Å². The van der Waals surface area contributed by atoms with Crippen LogP contribution in [0.4, 0.5) is 5.13 Å². The van der Waals surface area contributed by atoms with Crippen LogP contribution in [0.1, 0.15) is 41.1 Å². The first-order chi connectivity index (χ1) is 15.1. The highest BCUT2D eigenvalue weighted by Crippen LogP contribution is 2.33. The van der Waals surface area contributed by atoms with Gasteiger partial charge in [-0.25, -0.2) is 9.97 Å². The van der Waals surface area contributed by atoms with E-state index in [1.54, 1.807) is 11.3 Å². The lowest BCUT2D eigenvalue weighted by Gasteiger charge is -2.09. The Morgan fingerprint density at radius 3 is 2.81 bits per heavy atom. The molecule has 1 aliphatic carbocycles. The number of nitrogens with zero attached hydrogens (tertiary/aromatic N) is 2. The molecule has 1 aliphatic rings. The van der Waals surface area contributed by atoms with Crippen LogP contribution in [0.25, 0.3) is 21.5 Å². The zero-order valence-corrected chi connectivity index (χ0v) is 18.8. The maximum Gasteiger partial charge on any atom is 0.259 e. The van der Waals surface area contributed by atoms with Crippen molar-refractivity contribution in [1.29, 1.82) is 0 Å². The van der Waals surface area contributed by atoms with E-state index in [2.05, 4.69) is 20.3 Å². The second-order valence-electron chi connectivity index (χ2n) is 7.86. The molecule has 2 N–H and O–H groups in total. The molecule has 1 aromatic carbocycles. The molecule has 0 bridgehead atoms. The summed E-state index contributed by atoms with van der Waals surface area (Å²) in [6, 6.07) is 8.14. The van der Waals surface area contributed by atoms with E-state index in [-0.39, 0.29) is 17.9 Å². The Bertz CT molecular complexity index is 1320. The number of aryl methyl sites for hydroxylation is 4. The number of H-pyrrole nitrogens is 1. The van der Waals surface area contributed by atoms with Gasteiger partial charge < -0.3 is 10.3 Å². The summed E-state index contributed by atoms with van der Waals surface area (Å²) >= 11 is 3.03. The van der Waals surface area contributed by atoms with Gasteiger partial charge in [-0.1, -0.05) is 29.8 Å². The van der Waals surface area contributed by atoms with Gasteiger partial charge >= 0.3 is 0 Å². The molecule has 3 heterocycles. The molecule has 5 rings (SSSR count). The number of aromatic amines is 1. The third-order valence-electron chi connectivity index (χ3n) is 5.56. The Balaban J connectivity index is 1.25. The average molecular weight is 451 g/mol. The fraction of sp³-hybridized carbons (Fsp3) is 0.304. The lowest BCUT2D eigenvalue weighted by Crippen LogP contribution is -2.16. The molecule has 0 saturated carbocycles. The number of hydrogen-bond acceptors (Lipinski definition) is 6.